The molecule has 1 heterocycles. The Morgan fingerprint density at radius 3 is 2.78 bits per heavy atom. The van der Waals surface area contributed by atoms with Crippen molar-refractivity contribution < 1.29 is 4.39 Å². The fraction of sp³-hybridized carbons (Fsp3) is 0.0833. The second kappa shape index (κ2) is 5.12. The number of nitrogens with one attached hydrogen (secondary N) is 1. The zero-order valence-corrected chi connectivity index (χ0v) is 11.8. The minimum absolute atomic E-state index is 0.352. The van der Waals surface area contributed by atoms with E-state index in [2.05, 4.69) is 26.2 Å². The maximum Gasteiger partial charge on any atom is 0.149 e. The van der Waals surface area contributed by atoms with Crippen LogP contribution in [0, 0.1) is 12.7 Å². The molecule has 0 bridgehead atoms. The summed E-state index contributed by atoms with van der Waals surface area (Å²) in [6, 6.07) is 4.65. The van der Waals surface area contributed by atoms with Crippen LogP contribution in [0.5, 0.6) is 0 Å². The van der Waals surface area contributed by atoms with E-state index < -0.39 is 0 Å². The third kappa shape index (κ3) is 2.73. The minimum atomic E-state index is -0.352. The second-order valence-corrected chi connectivity index (χ2v) is 5.07. The van der Waals surface area contributed by atoms with Crippen molar-refractivity contribution in [3.05, 3.63) is 45.3 Å². The van der Waals surface area contributed by atoms with Crippen LogP contribution in [0.25, 0.3) is 0 Å². The zero-order valence-electron chi connectivity index (χ0n) is 9.47. The van der Waals surface area contributed by atoms with E-state index >= 15 is 0 Å². The summed E-state index contributed by atoms with van der Waals surface area (Å²) in [7, 11) is 0. The Morgan fingerprint density at radius 1 is 1.39 bits per heavy atom. The molecule has 3 N–H and O–H groups in total. The van der Waals surface area contributed by atoms with E-state index in [1.54, 1.807) is 12.1 Å². The van der Waals surface area contributed by atoms with Gasteiger partial charge in [0.1, 0.15) is 11.6 Å². The zero-order chi connectivity index (χ0) is 13.3. The highest BCUT2D eigenvalue weighted by atomic mass is 79.9. The lowest BCUT2D eigenvalue weighted by molar-refractivity contribution is 0.621. The van der Waals surface area contributed by atoms with E-state index in [4.69, 9.17) is 17.3 Å². The van der Waals surface area contributed by atoms with Gasteiger partial charge in [-0.1, -0.05) is 11.6 Å². The van der Waals surface area contributed by atoms with Gasteiger partial charge in [0.15, 0.2) is 0 Å². The van der Waals surface area contributed by atoms with Crippen LogP contribution in [0.3, 0.4) is 0 Å². The van der Waals surface area contributed by atoms with Gasteiger partial charge in [0.2, 0.25) is 0 Å². The SMILES string of the molecule is Cc1cc(Br)c(F)cc1Nc1ncc(N)cc1Cl. The Labute approximate surface area is 117 Å². The van der Waals surface area contributed by atoms with Gasteiger partial charge in [0, 0.05) is 5.69 Å². The van der Waals surface area contributed by atoms with Crippen molar-refractivity contribution in [3.8, 4) is 0 Å². The first-order chi connectivity index (χ1) is 8.47. The third-order valence-corrected chi connectivity index (χ3v) is 3.28. The molecule has 18 heavy (non-hydrogen) atoms. The third-order valence-electron chi connectivity index (χ3n) is 2.38. The number of pyridine rings is 1. The Bertz CT molecular complexity index is 604. The van der Waals surface area contributed by atoms with Gasteiger partial charge >= 0.3 is 0 Å². The number of halogens is 3. The number of rotatable bonds is 2. The molecule has 6 heteroatoms. The molecule has 0 aliphatic rings. The Hall–Kier alpha value is -1.33. The first-order valence-corrected chi connectivity index (χ1v) is 6.28. The van der Waals surface area contributed by atoms with E-state index in [9.17, 15) is 4.39 Å². The van der Waals surface area contributed by atoms with Gasteiger partial charge in [-0.25, -0.2) is 9.37 Å². The van der Waals surface area contributed by atoms with E-state index in [-0.39, 0.29) is 5.82 Å². The summed E-state index contributed by atoms with van der Waals surface area (Å²) >= 11 is 9.12. The lowest BCUT2D eigenvalue weighted by atomic mass is 10.2. The smallest absolute Gasteiger partial charge is 0.149 e. The summed E-state index contributed by atoms with van der Waals surface area (Å²) in [6.45, 7) is 1.86. The van der Waals surface area contributed by atoms with E-state index in [1.165, 1.54) is 12.3 Å². The number of anilines is 3. The standard InChI is InChI=1S/C12H10BrClFN3/c1-6-2-8(13)10(15)4-11(6)18-12-9(14)3-7(16)5-17-12/h2-5H,16H2,1H3,(H,17,18). The van der Waals surface area contributed by atoms with Gasteiger partial charge in [-0.2, -0.15) is 0 Å². The number of hydrogen-bond donors (Lipinski definition) is 2. The van der Waals surface area contributed by atoms with E-state index in [1.807, 2.05) is 6.92 Å². The van der Waals surface area contributed by atoms with Crippen LogP contribution in [0.15, 0.2) is 28.9 Å². The number of aromatic nitrogens is 1. The highest BCUT2D eigenvalue weighted by Gasteiger charge is 2.08. The molecule has 0 aliphatic heterocycles. The van der Waals surface area contributed by atoms with Crippen molar-refractivity contribution in [1.29, 1.82) is 0 Å². The summed E-state index contributed by atoms with van der Waals surface area (Å²) in [6.07, 6.45) is 1.48. The maximum absolute atomic E-state index is 13.5. The van der Waals surface area contributed by atoms with Crippen LogP contribution in [-0.4, -0.2) is 4.98 Å². The monoisotopic (exact) mass is 329 g/mol. The molecule has 0 atom stereocenters. The molecule has 0 aliphatic carbocycles. The lowest BCUT2D eigenvalue weighted by Crippen LogP contribution is -1.99. The topological polar surface area (TPSA) is 50.9 Å². The summed E-state index contributed by atoms with van der Waals surface area (Å²) in [4.78, 5) is 4.06. The first kappa shape index (κ1) is 13.1. The largest absolute Gasteiger partial charge is 0.397 e. The number of nitrogens with zero attached hydrogens (tertiary/aromatic N) is 1. The number of aryl methyl sites for hydroxylation is 1. The van der Waals surface area contributed by atoms with Crippen molar-refractivity contribution in [2.24, 2.45) is 0 Å². The fourth-order valence-electron chi connectivity index (χ4n) is 1.45. The molecule has 0 spiro atoms. The maximum atomic E-state index is 13.5. The van der Waals surface area contributed by atoms with Crippen molar-refractivity contribution in [2.45, 2.75) is 6.92 Å². The molecular weight excluding hydrogens is 321 g/mol. The first-order valence-electron chi connectivity index (χ1n) is 5.11. The number of nitrogen functional groups attached to an aromatic ring is 1. The molecule has 1 aromatic heterocycles. The minimum Gasteiger partial charge on any atom is -0.397 e. The number of nitrogens with two attached hydrogens (primary N) is 1. The van der Waals surface area contributed by atoms with Gasteiger partial charge in [-0.3, -0.25) is 0 Å². The summed E-state index contributed by atoms with van der Waals surface area (Å²) in [5.74, 6) is 0.0883. The molecule has 94 valence electrons. The highest BCUT2D eigenvalue weighted by molar-refractivity contribution is 9.10. The van der Waals surface area contributed by atoms with Crippen molar-refractivity contribution in [1.82, 2.24) is 4.98 Å². The summed E-state index contributed by atoms with van der Waals surface area (Å²) < 4.78 is 13.9. The van der Waals surface area contributed by atoms with Crippen LogP contribution in [0.1, 0.15) is 5.56 Å². The van der Waals surface area contributed by atoms with Crippen LogP contribution in [0.2, 0.25) is 5.02 Å². The molecule has 0 amide bonds. The fourth-order valence-corrected chi connectivity index (χ4v) is 2.13. The summed E-state index contributed by atoms with van der Waals surface area (Å²) in [5, 5.41) is 3.36. The number of hydrogen-bond acceptors (Lipinski definition) is 3. The van der Waals surface area contributed by atoms with Gasteiger partial charge in [-0.05, 0) is 46.6 Å². The quantitative estimate of drug-likeness (QED) is 0.864. The van der Waals surface area contributed by atoms with Crippen LogP contribution in [-0.2, 0) is 0 Å². The molecule has 2 rings (SSSR count). The molecule has 0 saturated carbocycles. The lowest BCUT2D eigenvalue weighted by Gasteiger charge is -2.11. The van der Waals surface area contributed by atoms with Crippen molar-refractivity contribution in [3.63, 3.8) is 0 Å². The van der Waals surface area contributed by atoms with Crippen LogP contribution in [0.4, 0.5) is 21.6 Å². The van der Waals surface area contributed by atoms with Gasteiger partial charge in [0.05, 0.1) is 21.4 Å². The van der Waals surface area contributed by atoms with E-state index in [0.717, 1.165) is 5.56 Å². The molecule has 0 radical (unpaired) electrons. The molecule has 3 nitrogen and oxygen atoms in total. The molecular formula is C12H10BrClFN3. The Balaban J connectivity index is 2.37. The average Bonchev–Trinajstić information content (AvgIpc) is 2.29. The van der Waals surface area contributed by atoms with Gasteiger partial charge < -0.3 is 11.1 Å². The molecule has 0 saturated heterocycles. The molecule has 2 aromatic rings. The molecule has 1 aromatic carbocycles. The van der Waals surface area contributed by atoms with Crippen molar-refractivity contribution >= 4 is 44.7 Å². The predicted molar refractivity (Wildman–Crippen MR) is 75.8 cm³/mol. The molecule has 0 fully saturated rings. The normalized spacial score (nSPS) is 10.4. The predicted octanol–water partition coefficient (Wildman–Crippen LogP) is 4.27. The summed E-state index contributed by atoms with van der Waals surface area (Å²) in [5.41, 5.74) is 7.51. The Morgan fingerprint density at radius 2 is 2.11 bits per heavy atom. The van der Waals surface area contributed by atoms with E-state index in [0.29, 0.717) is 26.7 Å². The van der Waals surface area contributed by atoms with Crippen LogP contribution < -0.4 is 11.1 Å². The number of benzene rings is 1. The van der Waals surface area contributed by atoms with Crippen LogP contribution >= 0.6 is 27.5 Å². The second-order valence-electron chi connectivity index (χ2n) is 3.81. The Kier molecular flexibility index (Phi) is 3.73. The van der Waals surface area contributed by atoms with Crippen molar-refractivity contribution in [2.75, 3.05) is 11.1 Å². The van der Waals surface area contributed by atoms with Gasteiger partial charge in [0.25, 0.3) is 0 Å². The molecule has 0 unspecified atom stereocenters. The average molecular weight is 331 g/mol. The highest BCUT2D eigenvalue weighted by Crippen LogP contribution is 2.29. The van der Waals surface area contributed by atoms with Gasteiger partial charge in [-0.15, -0.1) is 0 Å².